The molecule has 1 unspecified atom stereocenters. The van der Waals surface area contributed by atoms with Crippen molar-refractivity contribution in [1.82, 2.24) is 29.9 Å². The summed E-state index contributed by atoms with van der Waals surface area (Å²) in [5.41, 5.74) is 1.20. The van der Waals surface area contributed by atoms with Crippen LogP contribution in [0.4, 0.5) is 13.2 Å². The molecule has 1 aliphatic rings. The lowest BCUT2D eigenvalue weighted by Crippen LogP contribution is -2.42. The molecule has 5 rings (SSSR count). The van der Waals surface area contributed by atoms with Gasteiger partial charge in [0.05, 0.1) is 35.5 Å². The van der Waals surface area contributed by atoms with Crippen LogP contribution in [0.15, 0.2) is 36.5 Å². The van der Waals surface area contributed by atoms with Crippen LogP contribution in [0.5, 0.6) is 5.88 Å². The van der Waals surface area contributed by atoms with E-state index >= 15 is 0 Å². The number of aryl methyl sites for hydroxylation is 3. The van der Waals surface area contributed by atoms with Gasteiger partial charge in [-0.05, 0) is 50.5 Å². The van der Waals surface area contributed by atoms with Crippen LogP contribution in [0.25, 0.3) is 10.9 Å². The number of aromatic nitrogens is 5. The molecule has 216 valence electrons. The number of ether oxygens (including phenoxy) is 1. The fraction of sp³-hybridized carbons (Fsp3) is 0.393. The highest BCUT2D eigenvalue weighted by Gasteiger charge is 2.43. The van der Waals surface area contributed by atoms with E-state index < -0.39 is 23.6 Å². The molecular weight excluding hydrogens is 561 g/mol. The van der Waals surface area contributed by atoms with E-state index in [1.807, 2.05) is 6.92 Å². The van der Waals surface area contributed by atoms with Crippen LogP contribution in [-0.4, -0.2) is 67.3 Å². The second-order valence-electron chi connectivity index (χ2n) is 10.2. The molecule has 9 nitrogen and oxygen atoms in total. The van der Waals surface area contributed by atoms with Crippen LogP contribution in [0.1, 0.15) is 51.4 Å². The maximum atomic E-state index is 13.6. The number of alkyl halides is 3. The average Bonchev–Trinajstić information content (AvgIpc) is 3.38. The van der Waals surface area contributed by atoms with Gasteiger partial charge in [0.25, 0.3) is 5.91 Å². The van der Waals surface area contributed by atoms with Crippen LogP contribution < -0.4 is 4.74 Å². The van der Waals surface area contributed by atoms with Crippen molar-refractivity contribution in [1.29, 1.82) is 0 Å². The topological polar surface area (TPSA) is 106 Å². The zero-order valence-electron chi connectivity index (χ0n) is 22.8. The van der Waals surface area contributed by atoms with Gasteiger partial charge in [0.2, 0.25) is 5.88 Å². The Hall–Kier alpha value is -3.77. The predicted octanol–water partition coefficient (Wildman–Crippen LogP) is 4.74. The summed E-state index contributed by atoms with van der Waals surface area (Å²) in [6.45, 7) is 3.48. The van der Waals surface area contributed by atoms with Gasteiger partial charge in [-0.1, -0.05) is 28.9 Å². The average molecular weight is 589 g/mol. The fourth-order valence-electron chi connectivity index (χ4n) is 5.46. The third kappa shape index (κ3) is 4.99. The number of benzene rings is 1. The highest BCUT2D eigenvalue weighted by Crippen LogP contribution is 2.41. The molecule has 1 saturated heterocycles. The van der Waals surface area contributed by atoms with E-state index in [4.69, 9.17) is 16.3 Å². The predicted molar refractivity (Wildman–Crippen MR) is 145 cm³/mol. The van der Waals surface area contributed by atoms with Crippen molar-refractivity contribution in [3.8, 4) is 5.88 Å². The molecule has 3 aromatic heterocycles. The molecule has 1 aliphatic heterocycles. The number of methoxy groups -OCH3 is 1. The molecule has 4 aromatic rings. The number of rotatable bonds is 5. The van der Waals surface area contributed by atoms with E-state index in [-0.39, 0.29) is 42.4 Å². The van der Waals surface area contributed by atoms with Gasteiger partial charge in [0.15, 0.2) is 5.60 Å². The third-order valence-electron chi connectivity index (χ3n) is 7.66. The number of nitrogens with zero attached hydrogens (tertiary/aromatic N) is 6. The Bertz CT molecular complexity index is 1630. The molecule has 0 aliphatic carbocycles. The van der Waals surface area contributed by atoms with E-state index in [1.165, 1.54) is 22.9 Å². The molecule has 1 atom stereocenters. The number of carbonyl (C=O) groups excluding carboxylic acids is 1. The Morgan fingerprint density at radius 3 is 2.41 bits per heavy atom. The van der Waals surface area contributed by atoms with Gasteiger partial charge in [-0.3, -0.25) is 9.78 Å². The summed E-state index contributed by atoms with van der Waals surface area (Å²) in [5.74, 6) is -2.07. The van der Waals surface area contributed by atoms with E-state index in [2.05, 4.69) is 20.3 Å². The second kappa shape index (κ2) is 10.6. The number of hydrogen-bond acceptors (Lipinski definition) is 7. The largest absolute Gasteiger partial charge is 0.480 e. The Balaban J connectivity index is 1.64. The highest BCUT2D eigenvalue weighted by atomic mass is 35.5. The van der Waals surface area contributed by atoms with Crippen LogP contribution in [0.2, 0.25) is 5.02 Å². The zero-order chi connectivity index (χ0) is 29.7. The lowest BCUT2D eigenvalue weighted by atomic mass is 9.82. The van der Waals surface area contributed by atoms with Crippen molar-refractivity contribution in [3.63, 3.8) is 0 Å². The molecule has 0 saturated carbocycles. The van der Waals surface area contributed by atoms with E-state index in [0.29, 0.717) is 33.4 Å². The molecule has 4 heterocycles. The van der Waals surface area contributed by atoms with Crippen molar-refractivity contribution < 1.29 is 27.8 Å². The number of halogens is 4. The SMILES string of the molecule is COc1nc2ccc(C(O)(c3ccc(C)nc3C)c3cnnn3C)cc2c(Cl)c1C(=O)N1CCC(C(F)(F)F)CC1. The summed E-state index contributed by atoms with van der Waals surface area (Å²) in [6, 6.07) is 8.52. The van der Waals surface area contributed by atoms with Crippen molar-refractivity contribution >= 4 is 28.4 Å². The van der Waals surface area contributed by atoms with Crippen molar-refractivity contribution in [2.45, 2.75) is 38.5 Å². The number of aliphatic hydroxyl groups is 1. The van der Waals surface area contributed by atoms with E-state index in [9.17, 15) is 23.1 Å². The maximum absolute atomic E-state index is 13.6. The zero-order valence-corrected chi connectivity index (χ0v) is 23.6. The molecule has 0 radical (unpaired) electrons. The number of fused-ring (bicyclic) bond motifs is 1. The Morgan fingerprint density at radius 1 is 1.12 bits per heavy atom. The van der Waals surface area contributed by atoms with Gasteiger partial charge in [0, 0.05) is 42.5 Å². The van der Waals surface area contributed by atoms with Gasteiger partial charge < -0.3 is 14.7 Å². The standard InChI is InChI=1S/C28H28ClF3N6O3/c1-15-5-7-20(16(2)34-15)27(40,22-14-33-36-37(22)3)18-6-8-21-19(13-18)24(29)23(25(35-21)41-4)26(39)38-11-9-17(10-12-38)28(30,31)32/h5-8,13-14,17,40H,9-12H2,1-4H3. The minimum Gasteiger partial charge on any atom is -0.480 e. The maximum Gasteiger partial charge on any atom is 0.391 e. The number of hydrogen-bond donors (Lipinski definition) is 1. The smallest absolute Gasteiger partial charge is 0.391 e. The first kappa shape index (κ1) is 28.7. The van der Waals surface area contributed by atoms with Gasteiger partial charge in [0.1, 0.15) is 5.56 Å². The molecule has 1 amide bonds. The molecule has 1 aromatic carbocycles. The number of pyridine rings is 2. The van der Waals surface area contributed by atoms with Crippen molar-refractivity contribution in [2.24, 2.45) is 13.0 Å². The van der Waals surface area contributed by atoms with Crippen LogP contribution in [0, 0.1) is 19.8 Å². The highest BCUT2D eigenvalue weighted by molar-refractivity contribution is 6.38. The number of amides is 1. The summed E-state index contributed by atoms with van der Waals surface area (Å²) >= 11 is 6.85. The lowest BCUT2D eigenvalue weighted by Gasteiger charge is -2.33. The molecular formula is C28H28ClF3N6O3. The monoisotopic (exact) mass is 588 g/mol. The fourth-order valence-corrected chi connectivity index (χ4v) is 5.77. The van der Waals surface area contributed by atoms with Gasteiger partial charge in [-0.15, -0.1) is 5.10 Å². The normalized spacial score (nSPS) is 16.2. The van der Waals surface area contributed by atoms with Crippen LogP contribution in [0.3, 0.4) is 0 Å². The first-order chi connectivity index (χ1) is 19.4. The first-order valence-electron chi connectivity index (χ1n) is 12.9. The third-order valence-corrected chi connectivity index (χ3v) is 8.05. The summed E-state index contributed by atoms with van der Waals surface area (Å²) < 4.78 is 46.4. The Labute approximate surface area is 238 Å². The Morgan fingerprint density at radius 2 is 1.83 bits per heavy atom. The van der Waals surface area contributed by atoms with Gasteiger partial charge in [-0.25, -0.2) is 9.67 Å². The van der Waals surface area contributed by atoms with Crippen molar-refractivity contribution in [2.75, 3.05) is 20.2 Å². The lowest BCUT2D eigenvalue weighted by molar-refractivity contribution is -0.183. The van der Waals surface area contributed by atoms with Crippen LogP contribution >= 0.6 is 11.6 Å². The minimum absolute atomic E-state index is 0.0147. The van der Waals surface area contributed by atoms with Crippen molar-refractivity contribution in [3.05, 3.63) is 75.3 Å². The number of likely N-dealkylation sites (tertiary alicyclic amines) is 1. The molecule has 0 spiro atoms. The summed E-state index contributed by atoms with van der Waals surface area (Å²) in [7, 11) is 3.00. The van der Waals surface area contributed by atoms with Gasteiger partial charge in [-0.2, -0.15) is 13.2 Å². The first-order valence-corrected chi connectivity index (χ1v) is 13.3. The minimum atomic E-state index is -4.31. The quantitative estimate of drug-likeness (QED) is 0.359. The van der Waals surface area contributed by atoms with E-state index in [1.54, 1.807) is 44.3 Å². The second-order valence-corrected chi connectivity index (χ2v) is 10.6. The summed E-state index contributed by atoms with van der Waals surface area (Å²) in [6.07, 6.45) is -3.25. The van der Waals surface area contributed by atoms with Crippen LogP contribution in [-0.2, 0) is 12.6 Å². The number of piperidine rings is 1. The molecule has 1 N–H and O–H groups in total. The molecule has 41 heavy (non-hydrogen) atoms. The molecule has 1 fully saturated rings. The molecule has 0 bridgehead atoms. The van der Waals surface area contributed by atoms with Gasteiger partial charge >= 0.3 is 6.18 Å². The summed E-state index contributed by atoms with van der Waals surface area (Å²) in [4.78, 5) is 23.9. The summed E-state index contributed by atoms with van der Waals surface area (Å²) in [5, 5.41) is 20.7. The molecule has 13 heteroatoms. The number of carbonyl (C=O) groups is 1. The Kier molecular flexibility index (Phi) is 7.41. The van der Waals surface area contributed by atoms with E-state index in [0.717, 1.165) is 5.69 Å².